The van der Waals surface area contributed by atoms with E-state index in [0.717, 1.165) is 12.8 Å². The van der Waals surface area contributed by atoms with Crippen molar-refractivity contribution in [2.45, 2.75) is 25.3 Å². The Morgan fingerprint density at radius 2 is 1.94 bits per heavy atom. The van der Waals surface area contributed by atoms with Crippen molar-refractivity contribution in [1.82, 2.24) is 9.97 Å². The van der Waals surface area contributed by atoms with Gasteiger partial charge in [0.2, 0.25) is 17.7 Å². The second-order valence-corrected chi connectivity index (χ2v) is 4.68. The molecule has 1 aliphatic rings. The molecule has 1 fully saturated rings. The summed E-state index contributed by atoms with van der Waals surface area (Å²) in [4.78, 5) is 8.53. The van der Waals surface area contributed by atoms with Crippen LogP contribution in [0.25, 0.3) is 0 Å². The molecule has 0 spiro atoms. The Morgan fingerprint density at radius 3 is 2.50 bits per heavy atom. The van der Waals surface area contributed by atoms with Gasteiger partial charge in [-0.15, -0.1) is 11.6 Å². The zero-order valence-corrected chi connectivity index (χ0v) is 11.4. The van der Waals surface area contributed by atoms with E-state index in [1.54, 1.807) is 20.3 Å². The van der Waals surface area contributed by atoms with E-state index in [1.165, 1.54) is 6.42 Å². The number of methoxy groups -OCH3 is 2. The third kappa shape index (κ3) is 2.96. The number of alkyl halides is 1. The van der Waals surface area contributed by atoms with Gasteiger partial charge in [-0.05, 0) is 18.8 Å². The number of anilines is 1. The first-order chi connectivity index (χ1) is 8.76. The second-order valence-electron chi connectivity index (χ2n) is 4.37. The number of hydrogen-bond donors (Lipinski definition) is 1. The van der Waals surface area contributed by atoms with E-state index in [9.17, 15) is 0 Å². The summed E-state index contributed by atoms with van der Waals surface area (Å²) in [6.45, 7) is 0. The highest BCUT2D eigenvalue weighted by molar-refractivity contribution is 6.18. The lowest BCUT2D eigenvalue weighted by molar-refractivity contribution is 0.372. The van der Waals surface area contributed by atoms with E-state index in [-0.39, 0.29) is 0 Å². The van der Waals surface area contributed by atoms with Crippen LogP contribution in [0.1, 0.15) is 19.3 Å². The Labute approximate surface area is 112 Å². The van der Waals surface area contributed by atoms with Crippen LogP contribution in [0.5, 0.6) is 11.8 Å². The maximum atomic E-state index is 5.96. The highest BCUT2D eigenvalue weighted by atomic mass is 35.5. The largest absolute Gasteiger partial charge is 0.481 e. The molecule has 18 heavy (non-hydrogen) atoms. The van der Waals surface area contributed by atoms with Crippen LogP contribution in [0.15, 0.2) is 6.07 Å². The first-order valence-corrected chi connectivity index (χ1v) is 6.60. The minimum atomic E-state index is 0.333. The minimum absolute atomic E-state index is 0.333. The van der Waals surface area contributed by atoms with Crippen LogP contribution in [0.2, 0.25) is 0 Å². The number of nitrogens with one attached hydrogen (secondary N) is 1. The van der Waals surface area contributed by atoms with Crippen LogP contribution in [0, 0.1) is 5.92 Å². The third-order valence-corrected chi connectivity index (χ3v) is 3.67. The molecule has 0 amide bonds. The Morgan fingerprint density at radius 1 is 1.28 bits per heavy atom. The summed E-state index contributed by atoms with van der Waals surface area (Å²) < 4.78 is 10.2. The molecule has 1 aliphatic carbocycles. The topological polar surface area (TPSA) is 56.3 Å². The monoisotopic (exact) mass is 271 g/mol. The molecule has 0 aliphatic heterocycles. The van der Waals surface area contributed by atoms with Crippen LogP contribution in [0.4, 0.5) is 5.95 Å². The standard InChI is InChI=1S/C12H18ClN3O2/c1-17-10-6-11(18-2)16-12(15-10)14-9-5-3-4-8(9)7-13/h6,8-9H,3-5,7H2,1-2H3,(H,14,15,16). The van der Waals surface area contributed by atoms with Gasteiger partial charge in [-0.25, -0.2) is 0 Å². The molecule has 100 valence electrons. The SMILES string of the molecule is COc1cc(OC)nc(NC2CCCC2CCl)n1. The van der Waals surface area contributed by atoms with Gasteiger partial charge in [-0.2, -0.15) is 9.97 Å². The Bertz CT molecular complexity index is 381. The van der Waals surface area contributed by atoms with Gasteiger partial charge in [0, 0.05) is 11.9 Å². The van der Waals surface area contributed by atoms with Gasteiger partial charge in [0.25, 0.3) is 0 Å². The highest BCUT2D eigenvalue weighted by Gasteiger charge is 2.27. The summed E-state index contributed by atoms with van der Waals surface area (Å²) in [5.74, 6) is 2.66. The number of ether oxygens (including phenoxy) is 2. The molecule has 0 saturated heterocycles. The Hall–Kier alpha value is -1.23. The number of halogens is 1. The van der Waals surface area contributed by atoms with Crippen molar-refractivity contribution >= 4 is 17.5 Å². The van der Waals surface area contributed by atoms with Crippen molar-refractivity contribution in [3.63, 3.8) is 0 Å². The van der Waals surface area contributed by atoms with E-state index in [1.807, 2.05) is 0 Å². The lowest BCUT2D eigenvalue weighted by Crippen LogP contribution is -2.26. The van der Waals surface area contributed by atoms with Gasteiger partial charge in [0.1, 0.15) is 0 Å². The fourth-order valence-corrected chi connectivity index (χ4v) is 2.62. The van der Waals surface area contributed by atoms with Crippen LogP contribution < -0.4 is 14.8 Å². The van der Waals surface area contributed by atoms with Crippen molar-refractivity contribution in [3.05, 3.63) is 6.07 Å². The highest BCUT2D eigenvalue weighted by Crippen LogP contribution is 2.29. The minimum Gasteiger partial charge on any atom is -0.481 e. The van der Waals surface area contributed by atoms with Crippen molar-refractivity contribution in [1.29, 1.82) is 0 Å². The Kier molecular flexibility index (Phi) is 4.47. The molecule has 1 aromatic heterocycles. The van der Waals surface area contributed by atoms with Crippen molar-refractivity contribution < 1.29 is 9.47 Å². The molecule has 5 nitrogen and oxygen atoms in total. The number of aromatic nitrogens is 2. The zero-order valence-electron chi connectivity index (χ0n) is 10.6. The van der Waals surface area contributed by atoms with Gasteiger partial charge in [0.15, 0.2) is 0 Å². The van der Waals surface area contributed by atoms with Crippen molar-refractivity contribution in [2.75, 3.05) is 25.4 Å². The van der Waals surface area contributed by atoms with Gasteiger partial charge in [-0.3, -0.25) is 0 Å². The molecule has 6 heteroatoms. The smallest absolute Gasteiger partial charge is 0.229 e. The molecule has 2 unspecified atom stereocenters. The molecule has 0 aromatic carbocycles. The molecule has 2 rings (SSSR count). The molecule has 1 saturated carbocycles. The summed E-state index contributed by atoms with van der Waals surface area (Å²) in [6.07, 6.45) is 3.44. The summed E-state index contributed by atoms with van der Waals surface area (Å²) >= 11 is 5.96. The summed E-state index contributed by atoms with van der Waals surface area (Å²) in [5, 5.41) is 3.32. The molecule has 2 atom stereocenters. The van der Waals surface area contributed by atoms with Crippen LogP contribution in [0.3, 0.4) is 0 Å². The fraction of sp³-hybridized carbons (Fsp3) is 0.667. The third-order valence-electron chi connectivity index (χ3n) is 3.27. The molecule has 1 aromatic rings. The van der Waals surface area contributed by atoms with Gasteiger partial charge in [-0.1, -0.05) is 6.42 Å². The Balaban J connectivity index is 2.12. The van der Waals surface area contributed by atoms with Crippen molar-refractivity contribution in [2.24, 2.45) is 5.92 Å². The van der Waals surface area contributed by atoms with Gasteiger partial charge < -0.3 is 14.8 Å². The van der Waals surface area contributed by atoms with Crippen LogP contribution in [-0.4, -0.2) is 36.1 Å². The molecule has 0 radical (unpaired) electrons. The molecule has 1 heterocycles. The van der Waals surface area contributed by atoms with Crippen LogP contribution in [-0.2, 0) is 0 Å². The fourth-order valence-electron chi connectivity index (χ4n) is 2.25. The van der Waals surface area contributed by atoms with Gasteiger partial charge in [0.05, 0.1) is 20.3 Å². The summed E-state index contributed by atoms with van der Waals surface area (Å²) in [5.41, 5.74) is 0. The normalized spacial score (nSPS) is 22.8. The molecular formula is C12H18ClN3O2. The predicted octanol–water partition coefficient (Wildman–Crippen LogP) is 2.31. The maximum Gasteiger partial charge on any atom is 0.229 e. The first-order valence-electron chi connectivity index (χ1n) is 6.06. The van der Waals surface area contributed by atoms with E-state index in [2.05, 4.69) is 15.3 Å². The first kappa shape index (κ1) is 13.2. The average Bonchev–Trinajstić information content (AvgIpc) is 2.85. The second kappa shape index (κ2) is 6.09. The van der Waals surface area contributed by atoms with E-state index in [4.69, 9.17) is 21.1 Å². The number of nitrogens with zero attached hydrogens (tertiary/aromatic N) is 2. The predicted molar refractivity (Wildman–Crippen MR) is 70.6 cm³/mol. The average molecular weight is 272 g/mol. The summed E-state index contributed by atoms with van der Waals surface area (Å²) in [7, 11) is 3.14. The quantitative estimate of drug-likeness (QED) is 0.833. The van der Waals surface area contributed by atoms with E-state index >= 15 is 0 Å². The molecule has 1 N–H and O–H groups in total. The lowest BCUT2D eigenvalue weighted by atomic mass is 10.1. The summed E-state index contributed by atoms with van der Waals surface area (Å²) in [6, 6.07) is 1.98. The zero-order chi connectivity index (χ0) is 13.0. The van der Waals surface area contributed by atoms with Crippen LogP contribution >= 0.6 is 11.6 Å². The molecule has 0 bridgehead atoms. The number of hydrogen-bond acceptors (Lipinski definition) is 5. The van der Waals surface area contributed by atoms with Crippen molar-refractivity contribution in [3.8, 4) is 11.8 Å². The number of rotatable bonds is 5. The molecular weight excluding hydrogens is 254 g/mol. The van der Waals surface area contributed by atoms with Gasteiger partial charge >= 0.3 is 0 Å². The maximum absolute atomic E-state index is 5.96. The lowest BCUT2D eigenvalue weighted by Gasteiger charge is -2.19. The van der Waals surface area contributed by atoms with E-state index < -0.39 is 0 Å². The van der Waals surface area contributed by atoms with E-state index in [0.29, 0.717) is 35.5 Å².